The number of hydrogen-bond donors (Lipinski definition) is 0. The summed E-state index contributed by atoms with van der Waals surface area (Å²) in [6.07, 6.45) is 3.38. The first-order valence-electron chi connectivity index (χ1n) is 6.44. The Balaban J connectivity index is 1.82. The number of ketones is 1. The fourth-order valence-corrected chi connectivity index (χ4v) is 2.15. The fraction of sp³-hybridized carbons (Fsp3) is 0.533. The maximum atomic E-state index is 12.0. The lowest BCUT2D eigenvalue weighted by Gasteiger charge is -2.15. The minimum absolute atomic E-state index is 0.269. The fourth-order valence-electron chi connectivity index (χ4n) is 2.15. The molecule has 1 aromatic carbocycles. The van der Waals surface area contributed by atoms with E-state index >= 15 is 0 Å². The van der Waals surface area contributed by atoms with Crippen LogP contribution in [0.5, 0.6) is 0 Å². The van der Waals surface area contributed by atoms with E-state index in [9.17, 15) is 4.79 Å². The van der Waals surface area contributed by atoms with Crippen LogP contribution in [0.1, 0.15) is 35.2 Å². The molecule has 0 radical (unpaired) electrons. The average Bonchev–Trinajstić information content (AvgIpc) is 3.10. The molecule has 1 fully saturated rings. The minimum Gasteiger partial charge on any atom is -0.306 e. The largest absolute Gasteiger partial charge is 0.306 e. The third kappa shape index (κ3) is 3.67. The topological polar surface area (TPSA) is 20.3 Å². The van der Waals surface area contributed by atoms with Gasteiger partial charge < -0.3 is 4.90 Å². The van der Waals surface area contributed by atoms with Gasteiger partial charge in [-0.3, -0.25) is 4.79 Å². The lowest BCUT2D eigenvalue weighted by molar-refractivity contribution is 0.0967. The molecular formula is C15H21NO. The van der Waals surface area contributed by atoms with E-state index in [0.29, 0.717) is 6.42 Å². The first-order valence-corrected chi connectivity index (χ1v) is 6.44. The zero-order valence-corrected chi connectivity index (χ0v) is 10.8. The van der Waals surface area contributed by atoms with E-state index in [-0.39, 0.29) is 5.78 Å². The summed E-state index contributed by atoms with van der Waals surface area (Å²) in [5.41, 5.74) is 1.97. The van der Waals surface area contributed by atoms with Crippen molar-refractivity contribution in [1.82, 2.24) is 4.90 Å². The quantitative estimate of drug-likeness (QED) is 0.702. The molecule has 0 saturated heterocycles. The highest BCUT2D eigenvalue weighted by molar-refractivity contribution is 5.97. The van der Waals surface area contributed by atoms with Crippen molar-refractivity contribution < 1.29 is 4.79 Å². The second-order valence-corrected chi connectivity index (χ2v) is 5.19. The van der Waals surface area contributed by atoms with Crippen LogP contribution in [-0.2, 0) is 0 Å². The molecule has 1 aromatic rings. The summed E-state index contributed by atoms with van der Waals surface area (Å²) in [4.78, 5) is 14.3. The number of nitrogens with zero attached hydrogens (tertiary/aromatic N) is 1. The van der Waals surface area contributed by atoms with Crippen LogP contribution in [-0.4, -0.2) is 30.8 Å². The normalized spacial score (nSPS) is 15.2. The van der Waals surface area contributed by atoms with E-state index in [1.165, 1.54) is 12.8 Å². The summed E-state index contributed by atoms with van der Waals surface area (Å²) in [6.45, 7) is 4.03. The van der Waals surface area contributed by atoms with Crippen molar-refractivity contribution in [2.45, 2.75) is 26.2 Å². The highest BCUT2D eigenvalue weighted by atomic mass is 16.1. The molecule has 0 aliphatic heterocycles. The van der Waals surface area contributed by atoms with Gasteiger partial charge in [0.1, 0.15) is 0 Å². The van der Waals surface area contributed by atoms with Crippen molar-refractivity contribution in [3.8, 4) is 0 Å². The van der Waals surface area contributed by atoms with Gasteiger partial charge in [-0.05, 0) is 38.3 Å². The standard InChI is InChI=1S/C15H21NO/c1-12-5-3-4-6-14(12)15(17)9-10-16(2)11-13-7-8-13/h3-6,13H,7-11H2,1-2H3. The molecule has 17 heavy (non-hydrogen) atoms. The van der Waals surface area contributed by atoms with Gasteiger partial charge in [-0.1, -0.05) is 24.3 Å². The summed E-state index contributed by atoms with van der Waals surface area (Å²) < 4.78 is 0. The molecule has 0 atom stereocenters. The maximum Gasteiger partial charge on any atom is 0.164 e. The van der Waals surface area contributed by atoms with Gasteiger partial charge in [0, 0.05) is 25.1 Å². The summed E-state index contributed by atoms with van der Waals surface area (Å²) in [7, 11) is 2.11. The van der Waals surface area contributed by atoms with E-state index < -0.39 is 0 Å². The smallest absolute Gasteiger partial charge is 0.164 e. The average molecular weight is 231 g/mol. The molecule has 1 aliphatic carbocycles. The molecule has 2 heteroatoms. The predicted molar refractivity (Wildman–Crippen MR) is 70.3 cm³/mol. The highest BCUT2D eigenvalue weighted by Gasteiger charge is 2.22. The number of carbonyl (C=O) groups is 1. The van der Waals surface area contributed by atoms with Gasteiger partial charge in [0.05, 0.1) is 0 Å². The maximum absolute atomic E-state index is 12.0. The van der Waals surface area contributed by atoms with Crippen molar-refractivity contribution in [1.29, 1.82) is 0 Å². The molecule has 0 spiro atoms. The number of rotatable bonds is 6. The molecule has 0 bridgehead atoms. The molecule has 1 aliphatic rings. The minimum atomic E-state index is 0.269. The first kappa shape index (κ1) is 12.3. The summed E-state index contributed by atoms with van der Waals surface area (Å²) in [5, 5.41) is 0. The van der Waals surface area contributed by atoms with Gasteiger partial charge in [-0.2, -0.15) is 0 Å². The van der Waals surface area contributed by atoms with E-state index in [1.54, 1.807) is 0 Å². The van der Waals surface area contributed by atoms with Crippen molar-refractivity contribution in [2.24, 2.45) is 5.92 Å². The van der Waals surface area contributed by atoms with Crippen LogP contribution in [0.4, 0.5) is 0 Å². The molecular weight excluding hydrogens is 210 g/mol. The Kier molecular flexibility index (Phi) is 3.95. The number of Topliss-reactive ketones (excluding diaryl/α,β-unsaturated/α-hetero) is 1. The number of benzene rings is 1. The molecule has 0 N–H and O–H groups in total. The predicted octanol–water partition coefficient (Wildman–Crippen LogP) is 2.91. The van der Waals surface area contributed by atoms with E-state index in [1.807, 2.05) is 31.2 Å². The monoisotopic (exact) mass is 231 g/mol. The van der Waals surface area contributed by atoms with Crippen LogP contribution >= 0.6 is 0 Å². The molecule has 0 aromatic heterocycles. The molecule has 92 valence electrons. The molecule has 0 heterocycles. The van der Waals surface area contributed by atoms with Gasteiger partial charge in [-0.15, -0.1) is 0 Å². The Morgan fingerprint density at radius 3 is 2.71 bits per heavy atom. The highest BCUT2D eigenvalue weighted by Crippen LogP contribution is 2.29. The van der Waals surface area contributed by atoms with Gasteiger partial charge in [0.2, 0.25) is 0 Å². The molecule has 0 unspecified atom stereocenters. The summed E-state index contributed by atoms with van der Waals surface area (Å²) in [5.74, 6) is 1.17. The number of hydrogen-bond acceptors (Lipinski definition) is 2. The van der Waals surface area contributed by atoms with Crippen LogP contribution in [0.2, 0.25) is 0 Å². The Hall–Kier alpha value is -1.15. The Morgan fingerprint density at radius 2 is 2.06 bits per heavy atom. The molecule has 0 amide bonds. The Bertz CT molecular complexity index is 396. The van der Waals surface area contributed by atoms with E-state index in [0.717, 1.165) is 30.1 Å². The third-order valence-electron chi connectivity index (χ3n) is 3.43. The van der Waals surface area contributed by atoms with E-state index in [2.05, 4.69) is 11.9 Å². The molecule has 2 rings (SSSR count). The third-order valence-corrected chi connectivity index (χ3v) is 3.43. The van der Waals surface area contributed by atoms with Gasteiger partial charge in [-0.25, -0.2) is 0 Å². The molecule has 1 saturated carbocycles. The van der Waals surface area contributed by atoms with Gasteiger partial charge in [0.15, 0.2) is 5.78 Å². The Morgan fingerprint density at radius 1 is 1.35 bits per heavy atom. The van der Waals surface area contributed by atoms with Gasteiger partial charge >= 0.3 is 0 Å². The zero-order chi connectivity index (χ0) is 12.3. The van der Waals surface area contributed by atoms with Crippen LogP contribution in [0.15, 0.2) is 24.3 Å². The summed E-state index contributed by atoms with van der Waals surface area (Å²) in [6, 6.07) is 7.85. The van der Waals surface area contributed by atoms with E-state index in [4.69, 9.17) is 0 Å². The Labute approximate surface area is 104 Å². The lowest BCUT2D eigenvalue weighted by atomic mass is 10.0. The first-order chi connectivity index (χ1) is 8.16. The van der Waals surface area contributed by atoms with Crippen molar-refractivity contribution in [3.63, 3.8) is 0 Å². The zero-order valence-electron chi connectivity index (χ0n) is 10.8. The number of carbonyl (C=O) groups excluding carboxylic acids is 1. The number of aryl methyl sites for hydroxylation is 1. The van der Waals surface area contributed by atoms with Crippen LogP contribution in [0, 0.1) is 12.8 Å². The SMILES string of the molecule is Cc1ccccc1C(=O)CCN(C)CC1CC1. The summed E-state index contributed by atoms with van der Waals surface area (Å²) >= 11 is 0. The van der Waals surface area contributed by atoms with Crippen LogP contribution in [0.3, 0.4) is 0 Å². The van der Waals surface area contributed by atoms with Crippen molar-refractivity contribution >= 4 is 5.78 Å². The van der Waals surface area contributed by atoms with Crippen LogP contribution < -0.4 is 0 Å². The lowest BCUT2D eigenvalue weighted by Crippen LogP contribution is -2.24. The van der Waals surface area contributed by atoms with Crippen LogP contribution in [0.25, 0.3) is 0 Å². The van der Waals surface area contributed by atoms with Gasteiger partial charge in [0.25, 0.3) is 0 Å². The van der Waals surface area contributed by atoms with Crippen molar-refractivity contribution in [2.75, 3.05) is 20.1 Å². The molecule has 2 nitrogen and oxygen atoms in total. The van der Waals surface area contributed by atoms with Crippen molar-refractivity contribution in [3.05, 3.63) is 35.4 Å². The second kappa shape index (κ2) is 5.46. The second-order valence-electron chi connectivity index (χ2n) is 5.19.